The number of rotatable bonds is 3. The Morgan fingerprint density at radius 3 is 2.83 bits per heavy atom. The highest BCUT2D eigenvalue weighted by Gasteiger charge is 2.08. The molecule has 0 aliphatic heterocycles. The van der Waals surface area contributed by atoms with Crippen LogP contribution in [-0.4, -0.2) is 12.1 Å². The first-order valence-corrected chi connectivity index (χ1v) is 6.50. The van der Waals surface area contributed by atoms with E-state index in [4.69, 9.17) is 16.3 Å². The van der Waals surface area contributed by atoms with Gasteiger partial charge in [0.1, 0.15) is 11.6 Å². The van der Waals surface area contributed by atoms with Crippen molar-refractivity contribution in [2.45, 2.75) is 6.92 Å². The number of anilines is 2. The van der Waals surface area contributed by atoms with Crippen molar-refractivity contribution in [3.05, 3.63) is 45.5 Å². The van der Waals surface area contributed by atoms with Gasteiger partial charge in [0, 0.05) is 11.2 Å². The van der Waals surface area contributed by atoms with E-state index in [2.05, 4.69) is 26.2 Å². The van der Waals surface area contributed by atoms with Crippen molar-refractivity contribution >= 4 is 39.0 Å². The summed E-state index contributed by atoms with van der Waals surface area (Å²) in [7, 11) is 1.62. The van der Waals surface area contributed by atoms with Gasteiger partial charge in [0.2, 0.25) is 0 Å². The molecule has 0 radical (unpaired) electrons. The molecule has 1 aromatic heterocycles. The predicted octanol–water partition coefficient (Wildman–Crippen LogP) is 4.56. The monoisotopic (exact) mass is 326 g/mol. The Kier molecular flexibility index (Phi) is 4.09. The fraction of sp³-hybridized carbons (Fsp3) is 0.154. The summed E-state index contributed by atoms with van der Waals surface area (Å²) in [5.41, 5.74) is 1.89. The predicted molar refractivity (Wildman–Crippen MR) is 78.0 cm³/mol. The molecule has 0 aliphatic rings. The normalized spacial score (nSPS) is 10.2. The number of hydrogen-bond donors (Lipinski definition) is 1. The van der Waals surface area contributed by atoms with Gasteiger partial charge in [-0.05, 0) is 52.7 Å². The minimum atomic E-state index is 0.641. The van der Waals surface area contributed by atoms with E-state index in [0.29, 0.717) is 5.02 Å². The van der Waals surface area contributed by atoms with Crippen molar-refractivity contribution in [1.29, 1.82) is 0 Å². The van der Waals surface area contributed by atoms with Crippen LogP contribution >= 0.6 is 27.5 Å². The number of benzene rings is 1. The smallest absolute Gasteiger partial charge is 0.145 e. The molecule has 2 rings (SSSR count). The third-order valence-electron chi connectivity index (χ3n) is 2.50. The van der Waals surface area contributed by atoms with Gasteiger partial charge in [-0.25, -0.2) is 4.98 Å². The van der Waals surface area contributed by atoms with E-state index >= 15 is 0 Å². The third-order valence-corrected chi connectivity index (χ3v) is 3.73. The minimum Gasteiger partial charge on any atom is -0.495 e. The molecule has 0 atom stereocenters. The first-order valence-electron chi connectivity index (χ1n) is 5.33. The lowest BCUT2D eigenvalue weighted by molar-refractivity contribution is 0.417. The molecule has 0 saturated carbocycles. The van der Waals surface area contributed by atoms with E-state index in [-0.39, 0.29) is 0 Å². The maximum atomic E-state index is 5.98. The maximum Gasteiger partial charge on any atom is 0.145 e. The van der Waals surface area contributed by atoms with Gasteiger partial charge in [-0.1, -0.05) is 11.6 Å². The van der Waals surface area contributed by atoms with Crippen molar-refractivity contribution in [2.75, 3.05) is 12.4 Å². The Labute approximate surface area is 119 Å². The minimum absolute atomic E-state index is 0.641. The summed E-state index contributed by atoms with van der Waals surface area (Å²) in [6, 6.07) is 7.33. The zero-order valence-electron chi connectivity index (χ0n) is 10.00. The SMILES string of the molecule is COc1ccc(Cl)cc1Nc1nccc(C)c1Br. The number of pyridine rings is 1. The molecule has 0 fully saturated rings. The molecule has 0 saturated heterocycles. The molecule has 0 amide bonds. The number of hydrogen-bond acceptors (Lipinski definition) is 3. The van der Waals surface area contributed by atoms with Gasteiger partial charge in [0.15, 0.2) is 0 Å². The summed E-state index contributed by atoms with van der Waals surface area (Å²) in [4.78, 5) is 4.28. The molecule has 1 N–H and O–H groups in total. The summed E-state index contributed by atoms with van der Waals surface area (Å²) >= 11 is 9.49. The number of aromatic nitrogens is 1. The lowest BCUT2D eigenvalue weighted by Gasteiger charge is -2.12. The molecule has 5 heteroatoms. The van der Waals surface area contributed by atoms with Gasteiger partial charge in [0.25, 0.3) is 0 Å². The van der Waals surface area contributed by atoms with Gasteiger partial charge < -0.3 is 10.1 Å². The molecule has 18 heavy (non-hydrogen) atoms. The van der Waals surface area contributed by atoms with Crippen molar-refractivity contribution in [3.63, 3.8) is 0 Å². The zero-order chi connectivity index (χ0) is 13.1. The summed E-state index contributed by atoms with van der Waals surface area (Å²) < 4.78 is 6.20. The van der Waals surface area contributed by atoms with Gasteiger partial charge in [-0.15, -0.1) is 0 Å². The van der Waals surface area contributed by atoms with Crippen LogP contribution in [0.4, 0.5) is 11.5 Å². The summed E-state index contributed by atoms with van der Waals surface area (Å²) in [5, 5.41) is 3.85. The fourth-order valence-corrected chi connectivity index (χ4v) is 2.04. The molecular weight excluding hydrogens is 316 g/mol. The second-order valence-electron chi connectivity index (χ2n) is 3.76. The Morgan fingerprint density at radius 2 is 2.11 bits per heavy atom. The number of ether oxygens (including phenoxy) is 1. The van der Waals surface area contributed by atoms with Crippen LogP contribution in [0.1, 0.15) is 5.56 Å². The largest absolute Gasteiger partial charge is 0.495 e. The number of halogens is 2. The highest BCUT2D eigenvalue weighted by atomic mass is 79.9. The molecule has 0 unspecified atom stereocenters. The van der Waals surface area contributed by atoms with E-state index in [9.17, 15) is 0 Å². The second-order valence-corrected chi connectivity index (χ2v) is 4.99. The number of aryl methyl sites for hydroxylation is 1. The Morgan fingerprint density at radius 1 is 1.33 bits per heavy atom. The average Bonchev–Trinajstić information content (AvgIpc) is 2.35. The number of nitrogens with one attached hydrogen (secondary N) is 1. The van der Waals surface area contributed by atoms with Crippen LogP contribution in [0.25, 0.3) is 0 Å². The van der Waals surface area contributed by atoms with Gasteiger partial charge in [-0.2, -0.15) is 0 Å². The first-order chi connectivity index (χ1) is 8.61. The van der Waals surface area contributed by atoms with Crippen LogP contribution in [0.5, 0.6) is 5.75 Å². The van der Waals surface area contributed by atoms with Crippen molar-refractivity contribution in [3.8, 4) is 5.75 Å². The summed E-state index contributed by atoms with van der Waals surface area (Å²) in [5.74, 6) is 1.45. The van der Waals surface area contributed by atoms with Crippen LogP contribution in [0.2, 0.25) is 5.02 Å². The highest BCUT2D eigenvalue weighted by molar-refractivity contribution is 9.10. The lowest BCUT2D eigenvalue weighted by atomic mass is 10.2. The number of methoxy groups -OCH3 is 1. The van der Waals surface area contributed by atoms with Crippen molar-refractivity contribution in [1.82, 2.24) is 4.98 Å². The van der Waals surface area contributed by atoms with Crippen LogP contribution in [0.3, 0.4) is 0 Å². The van der Waals surface area contributed by atoms with E-state index in [1.807, 2.05) is 19.1 Å². The van der Waals surface area contributed by atoms with E-state index in [1.165, 1.54) is 0 Å². The quantitative estimate of drug-likeness (QED) is 0.897. The maximum absolute atomic E-state index is 5.98. The third kappa shape index (κ3) is 2.76. The topological polar surface area (TPSA) is 34.1 Å². The molecule has 0 bridgehead atoms. The highest BCUT2D eigenvalue weighted by Crippen LogP contribution is 2.33. The second kappa shape index (κ2) is 5.59. The molecule has 1 heterocycles. The van der Waals surface area contributed by atoms with Gasteiger partial charge >= 0.3 is 0 Å². The molecule has 0 aliphatic carbocycles. The summed E-state index contributed by atoms with van der Waals surface area (Å²) in [6.45, 7) is 2.01. The summed E-state index contributed by atoms with van der Waals surface area (Å²) in [6.07, 6.45) is 1.75. The Bertz CT molecular complexity index is 575. The standard InChI is InChI=1S/C13H12BrClN2O/c1-8-5-6-16-13(12(8)14)17-10-7-9(15)3-4-11(10)18-2/h3-7H,1-2H3,(H,16,17). The average molecular weight is 328 g/mol. The van der Waals surface area contributed by atoms with Crippen LogP contribution in [-0.2, 0) is 0 Å². The zero-order valence-corrected chi connectivity index (χ0v) is 12.3. The van der Waals surface area contributed by atoms with Gasteiger partial charge in [-0.3, -0.25) is 0 Å². The van der Waals surface area contributed by atoms with E-state index < -0.39 is 0 Å². The molecular formula is C13H12BrClN2O. The van der Waals surface area contributed by atoms with E-state index in [1.54, 1.807) is 25.4 Å². The fourth-order valence-electron chi connectivity index (χ4n) is 1.53. The molecule has 94 valence electrons. The first kappa shape index (κ1) is 13.2. The number of nitrogens with zero attached hydrogens (tertiary/aromatic N) is 1. The van der Waals surface area contributed by atoms with Gasteiger partial charge in [0.05, 0.1) is 17.3 Å². The molecule has 2 aromatic rings. The van der Waals surface area contributed by atoms with E-state index in [0.717, 1.165) is 27.3 Å². The van der Waals surface area contributed by atoms with Crippen molar-refractivity contribution in [2.24, 2.45) is 0 Å². The Balaban J connectivity index is 2.39. The molecule has 3 nitrogen and oxygen atoms in total. The molecule has 0 spiro atoms. The van der Waals surface area contributed by atoms with Crippen LogP contribution < -0.4 is 10.1 Å². The molecule has 1 aromatic carbocycles. The van der Waals surface area contributed by atoms with Crippen molar-refractivity contribution < 1.29 is 4.74 Å². The Hall–Kier alpha value is -1.26. The van der Waals surface area contributed by atoms with Crippen LogP contribution in [0, 0.1) is 6.92 Å². The van der Waals surface area contributed by atoms with Crippen LogP contribution in [0.15, 0.2) is 34.9 Å². The lowest BCUT2D eigenvalue weighted by Crippen LogP contribution is -1.98.